The molecule has 7 rings (SSSR count). The number of rotatable bonds is 4. The Morgan fingerprint density at radius 2 is 1.79 bits per heavy atom. The summed E-state index contributed by atoms with van der Waals surface area (Å²) in [5, 5.41) is 3.62. The van der Waals surface area contributed by atoms with Crippen molar-refractivity contribution in [2.45, 2.75) is 43.6 Å². The van der Waals surface area contributed by atoms with E-state index >= 15 is 0 Å². The Morgan fingerprint density at radius 3 is 2.62 bits per heavy atom. The Bertz CT molecular complexity index is 1360. The molecule has 0 bridgehead atoms. The van der Waals surface area contributed by atoms with Crippen LogP contribution in [0.1, 0.15) is 60.6 Å². The fraction of sp³-hybridized carbons (Fsp3) is 0.379. The van der Waals surface area contributed by atoms with E-state index in [-0.39, 0.29) is 0 Å². The van der Waals surface area contributed by atoms with Crippen LogP contribution < -0.4 is 10.1 Å². The van der Waals surface area contributed by atoms with Crippen molar-refractivity contribution in [2.75, 3.05) is 20.2 Å². The predicted molar refractivity (Wildman–Crippen MR) is 134 cm³/mol. The third-order valence-electron chi connectivity index (χ3n) is 8.30. The van der Waals surface area contributed by atoms with E-state index in [9.17, 15) is 0 Å². The van der Waals surface area contributed by atoms with Gasteiger partial charge < -0.3 is 14.6 Å². The van der Waals surface area contributed by atoms with E-state index in [0.29, 0.717) is 29.7 Å². The lowest BCUT2D eigenvalue weighted by atomic mass is 9.88. The smallest absolute Gasteiger partial charge is 0.213 e. The molecule has 1 N–H and O–H groups in total. The number of methoxy groups -OCH3 is 1. The third-order valence-corrected chi connectivity index (χ3v) is 8.30. The number of pyridine rings is 1. The Labute approximate surface area is 200 Å². The molecule has 4 heterocycles. The molecule has 3 aliphatic rings. The Morgan fingerprint density at radius 1 is 0.941 bits per heavy atom. The Balaban J connectivity index is 1.40. The van der Waals surface area contributed by atoms with Gasteiger partial charge in [-0.25, -0.2) is 9.97 Å². The van der Waals surface area contributed by atoms with Crippen molar-refractivity contribution in [1.29, 1.82) is 0 Å². The average Bonchev–Trinajstić information content (AvgIpc) is 3.67. The number of hydrogen-bond acceptors (Lipinski definition) is 4. The van der Waals surface area contributed by atoms with Gasteiger partial charge in [0.1, 0.15) is 5.82 Å². The summed E-state index contributed by atoms with van der Waals surface area (Å²) in [5.74, 6) is 3.48. The van der Waals surface area contributed by atoms with Gasteiger partial charge in [-0.1, -0.05) is 49.2 Å². The van der Waals surface area contributed by atoms with E-state index in [2.05, 4.69) is 64.5 Å². The van der Waals surface area contributed by atoms with E-state index < -0.39 is 0 Å². The highest BCUT2D eigenvalue weighted by atomic mass is 16.5. The van der Waals surface area contributed by atoms with Crippen LogP contribution in [0.15, 0.2) is 60.7 Å². The van der Waals surface area contributed by atoms with Gasteiger partial charge in [0, 0.05) is 42.5 Å². The number of nitrogens with zero attached hydrogens (tertiary/aromatic N) is 3. The zero-order valence-electron chi connectivity index (χ0n) is 19.6. The molecule has 2 aromatic carbocycles. The molecule has 172 valence electrons. The first-order valence-electron chi connectivity index (χ1n) is 12.6. The molecular weight excluding hydrogens is 420 g/mol. The zero-order valence-corrected chi connectivity index (χ0v) is 19.6. The van der Waals surface area contributed by atoms with Gasteiger partial charge in [-0.15, -0.1) is 0 Å². The maximum absolute atomic E-state index is 5.50. The maximum atomic E-state index is 5.50. The minimum Gasteiger partial charge on any atom is -0.481 e. The van der Waals surface area contributed by atoms with Crippen LogP contribution in [0, 0.1) is 5.92 Å². The first-order valence-corrected chi connectivity index (χ1v) is 12.6. The molecule has 2 aromatic heterocycles. The van der Waals surface area contributed by atoms with Gasteiger partial charge in [-0.3, -0.25) is 0 Å². The second-order valence-corrected chi connectivity index (χ2v) is 10.1. The molecule has 1 saturated carbocycles. The number of nitrogens with one attached hydrogen (secondary N) is 1. The summed E-state index contributed by atoms with van der Waals surface area (Å²) >= 11 is 0. The predicted octanol–water partition coefficient (Wildman–Crippen LogP) is 5.67. The van der Waals surface area contributed by atoms with Crippen LogP contribution >= 0.6 is 0 Å². The lowest BCUT2D eigenvalue weighted by Gasteiger charge is -2.22. The summed E-state index contributed by atoms with van der Waals surface area (Å²) in [7, 11) is 1.71. The SMILES string of the molecule is COc1ccc(-c2ccc3nc4n(c3c2)[C@@H](c2ccccc2)[C@H]2CNC[C@@H]42)c(C2CCCC2)n1. The van der Waals surface area contributed by atoms with Gasteiger partial charge in [0.25, 0.3) is 0 Å². The molecule has 0 spiro atoms. The van der Waals surface area contributed by atoms with Gasteiger partial charge in [0.2, 0.25) is 5.88 Å². The second-order valence-electron chi connectivity index (χ2n) is 10.1. The van der Waals surface area contributed by atoms with Crippen molar-refractivity contribution in [3.63, 3.8) is 0 Å². The number of benzene rings is 2. The van der Waals surface area contributed by atoms with Crippen LogP contribution in [-0.2, 0) is 0 Å². The molecule has 1 saturated heterocycles. The minimum absolute atomic E-state index is 0.319. The topological polar surface area (TPSA) is 52.0 Å². The first kappa shape index (κ1) is 20.2. The molecule has 0 amide bonds. The molecule has 5 heteroatoms. The maximum Gasteiger partial charge on any atom is 0.213 e. The fourth-order valence-electron chi connectivity index (χ4n) is 6.71. The van der Waals surface area contributed by atoms with Crippen molar-refractivity contribution >= 4 is 11.0 Å². The van der Waals surface area contributed by atoms with E-state index in [1.807, 2.05) is 6.07 Å². The van der Waals surface area contributed by atoms with Crippen molar-refractivity contribution in [3.05, 3.63) is 77.7 Å². The van der Waals surface area contributed by atoms with Crippen LogP contribution in [0.2, 0.25) is 0 Å². The summed E-state index contributed by atoms with van der Waals surface area (Å²) in [6.07, 6.45) is 5.00. The summed E-state index contributed by atoms with van der Waals surface area (Å²) < 4.78 is 8.04. The zero-order chi connectivity index (χ0) is 22.6. The van der Waals surface area contributed by atoms with E-state index in [4.69, 9.17) is 14.7 Å². The number of fused-ring (bicyclic) bond motifs is 5. The molecule has 0 unspecified atom stereocenters. The van der Waals surface area contributed by atoms with Crippen molar-refractivity contribution in [3.8, 4) is 17.0 Å². The first-order chi connectivity index (χ1) is 16.8. The summed E-state index contributed by atoms with van der Waals surface area (Å²) in [4.78, 5) is 10.1. The summed E-state index contributed by atoms with van der Waals surface area (Å²) in [6, 6.07) is 22.3. The average molecular weight is 451 g/mol. The van der Waals surface area contributed by atoms with Gasteiger partial charge in [-0.05, 0) is 42.2 Å². The standard InChI is InChI=1S/C29H30N4O/c1-34-26-14-12-21(27(32-26)18-7-5-6-8-18)20-11-13-24-25(15-20)33-28(19-9-3-2-4-10-19)22-16-30-17-23(22)29(33)31-24/h2-4,9-15,18,22-23,28,30H,5-8,16-17H2,1H3/t22-,23+,28-/m0/s1. The fourth-order valence-corrected chi connectivity index (χ4v) is 6.71. The van der Waals surface area contributed by atoms with E-state index in [1.165, 1.54) is 59.4 Å². The molecule has 5 nitrogen and oxygen atoms in total. The Hall–Kier alpha value is -3.18. The van der Waals surface area contributed by atoms with E-state index in [1.54, 1.807) is 7.11 Å². The molecule has 34 heavy (non-hydrogen) atoms. The quantitative estimate of drug-likeness (QED) is 0.435. The van der Waals surface area contributed by atoms with Crippen molar-refractivity contribution in [1.82, 2.24) is 19.9 Å². The van der Waals surface area contributed by atoms with Crippen LogP contribution in [-0.4, -0.2) is 34.7 Å². The molecule has 2 aliphatic heterocycles. The highest BCUT2D eigenvalue weighted by Gasteiger charge is 2.46. The number of ether oxygens (including phenoxy) is 1. The number of imidazole rings is 1. The van der Waals surface area contributed by atoms with Crippen LogP contribution in [0.25, 0.3) is 22.2 Å². The largest absolute Gasteiger partial charge is 0.481 e. The molecule has 1 aliphatic carbocycles. The van der Waals surface area contributed by atoms with Crippen molar-refractivity contribution < 1.29 is 4.74 Å². The van der Waals surface area contributed by atoms with Crippen molar-refractivity contribution in [2.24, 2.45) is 5.92 Å². The van der Waals surface area contributed by atoms with E-state index in [0.717, 1.165) is 18.6 Å². The van der Waals surface area contributed by atoms with Gasteiger partial charge >= 0.3 is 0 Å². The molecular formula is C29H30N4O. The minimum atomic E-state index is 0.319. The normalized spacial score (nSPS) is 24.0. The molecule has 3 atom stereocenters. The highest BCUT2D eigenvalue weighted by Crippen LogP contribution is 2.49. The molecule has 4 aromatic rings. The highest BCUT2D eigenvalue weighted by molar-refractivity contribution is 5.84. The van der Waals surface area contributed by atoms with Gasteiger partial charge in [0.05, 0.1) is 29.9 Å². The third kappa shape index (κ3) is 3.03. The van der Waals surface area contributed by atoms with Gasteiger partial charge in [-0.2, -0.15) is 0 Å². The van der Waals surface area contributed by atoms with Crippen LogP contribution in [0.4, 0.5) is 0 Å². The van der Waals surface area contributed by atoms with Crippen LogP contribution in [0.5, 0.6) is 5.88 Å². The monoisotopic (exact) mass is 450 g/mol. The summed E-state index contributed by atoms with van der Waals surface area (Å²) in [5.41, 5.74) is 7.37. The van der Waals surface area contributed by atoms with Crippen LogP contribution in [0.3, 0.4) is 0 Å². The number of aromatic nitrogens is 3. The Kier molecular flexibility index (Phi) is 4.73. The second kappa shape index (κ2) is 7.95. The lowest BCUT2D eigenvalue weighted by molar-refractivity contribution is 0.395. The summed E-state index contributed by atoms with van der Waals surface area (Å²) in [6.45, 7) is 2.06. The van der Waals surface area contributed by atoms with Gasteiger partial charge in [0.15, 0.2) is 0 Å². The molecule has 0 radical (unpaired) electrons. The number of hydrogen-bond donors (Lipinski definition) is 1. The lowest BCUT2D eigenvalue weighted by Crippen LogP contribution is -2.19. The molecule has 2 fully saturated rings.